The summed E-state index contributed by atoms with van der Waals surface area (Å²) in [5, 5.41) is 9.71. The molecule has 0 heterocycles. The van der Waals surface area contributed by atoms with E-state index < -0.39 is 11.9 Å². The first-order valence-corrected chi connectivity index (χ1v) is 5.46. The summed E-state index contributed by atoms with van der Waals surface area (Å²) in [4.78, 5) is 23.1. The van der Waals surface area contributed by atoms with Crippen LogP contribution in [0.25, 0.3) is 0 Å². The van der Waals surface area contributed by atoms with Gasteiger partial charge < -0.3 is 14.6 Å². The van der Waals surface area contributed by atoms with Crippen molar-refractivity contribution in [3.05, 3.63) is 22.5 Å². The first kappa shape index (κ1) is 17.2. The van der Waals surface area contributed by atoms with Crippen molar-refractivity contribution in [2.24, 2.45) is 0 Å². The van der Waals surface area contributed by atoms with Gasteiger partial charge in [0.25, 0.3) is 0 Å². The van der Waals surface area contributed by atoms with Crippen molar-refractivity contribution in [2.45, 2.75) is 26.7 Å². The van der Waals surface area contributed by atoms with Gasteiger partial charge in [-0.25, -0.2) is 9.59 Å². The van der Waals surface area contributed by atoms with E-state index in [1.54, 1.807) is 13.8 Å². The van der Waals surface area contributed by atoms with Crippen molar-refractivity contribution >= 4 is 41.5 Å². The standard InChI is InChI=1S/C12H16O5.Na/c1-4-7-8(11(14)17-5-2)6-9(13)10(7)12(15)16-3;/h13H,4-6H2,1-3H3;. The molecular weight excluding hydrogens is 247 g/mol. The SMILES string of the molecule is CCOC(=O)C1=C(CC)C(C(=O)OC)=C(O)C1.[Na]. The molecule has 0 aromatic heterocycles. The Morgan fingerprint density at radius 3 is 2.33 bits per heavy atom. The molecule has 1 aliphatic rings. The normalized spacial score (nSPS) is 14.4. The second-order valence-corrected chi connectivity index (χ2v) is 3.52. The number of methoxy groups -OCH3 is 1. The molecule has 0 unspecified atom stereocenters. The first-order chi connectivity index (χ1) is 8.06. The number of allylic oxidation sites excluding steroid dienone is 1. The van der Waals surface area contributed by atoms with Gasteiger partial charge in [0.2, 0.25) is 0 Å². The van der Waals surface area contributed by atoms with Crippen LogP contribution in [0, 0.1) is 0 Å². The van der Waals surface area contributed by atoms with Gasteiger partial charge in [-0.3, -0.25) is 0 Å². The van der Waals surface area contributed by atoms with E-state index in [1.165, 1.54) is 7.11 Å². The predicted octanol–water partition coefficient (Wildman–Crippen LogP) is 1.26. The van der Waals surface area contributed by atoms with Crippen LogP contribution in [0.1, 0.15) is 26.7 Å². The van der Waals surface area contributed by atoms with E-state index in [0.29, 0.717) is 17.6 Å². The van der Waals surface area contributed by atoms with Crippen molar-refractivity contribution in [2.75, 3.05) is 13.7 Å². The van der Waals surface area contributed by atoms with Crippen LogP contribution in [-0.4, -0.2) is 60.3 Å². The van der Waals surface area contributed by atoms with Crippen LogP contribution in [0.3, 0.4) is 0 Å². The van der Waals surface area contributed by atoms with Gasteiger partial charge in [-0.05, 0) is 18.9 Å². The summed E-state index contributed by atoms with van der Waals surface area (Å²) < 4.78 is 9.46. The molecule has 0 spiro atoms. The zero-order valence-electron chi connectivity index (χ0n) is 11.2. The number of carbonyl (C=O) groups is 2. The molecule has 0 aromatic rings. The van der Waals surface area contributed by atoms with Crippen LogP contribution in [0.15, 0.2) is 22.5 Å². The quantitative estimate of drug-likeness (QED) is 0.610. The maximum absolute atomic E-state index is 11.6. The van der Waals surface area contributed by atoms with Crippen molar-refractivity contribution in [3.8, 4) is 0 Å². The average molecular weight is 263 g/mol. The van der Waals surface area contributed by atoms with E-state index in [2.05, 4.69) is 4.74 Å². The number of rotatable bonds is 4. The molecule has 1 aliphatic carbocycles. The molecule has 6 heteroatoms. The van der Waals surface area contributed by atoms with Gasteiger partial charge in [-0.2, -0.15) is 0 Å². The first-order valence-electron chi connectivity index (χ1n) is 5.46. The zero-order valence-corrected chi connectivity index (χ0v) is 13.2. The molecule has 0 bridgehead atoms. The fourth-order valence-electron chi connectivity index (χ4n) is 1.83. The van der Waals surface area contributed by atoms with Crippen LogP contribution in [-0.2, 0) is 19.1 Å². The topological polar surface area (TPSA) is 72.8 Å². The van der Waals surface area contributed by atoms with Gasteiger partial charge in [0.05, 0.1) is 13.7 Å². The number of esters is 2. The number of carbonyl (C=O) groups excluding carboxylic acids is 2. The third kappa shape index (κ3) is 3.37. The summed E-state index contributed by atoms with van der Waals surface area (Å²) >= 11 is 0. The number of ether oxygens (including phenoxy) is 2. The molecule has 5 nitrogen and oxygen atoms in total. The Kier molecular flexibility index (Phi) is 7.28. The molecule has 0 atom stereocenters. The van der Waals surface area contributed by atoms with Gasteiger partial charge in [0.1, 0.15) is 11.3 Å². The van der Waals surface area contributed by atoms with E-state index in [-0.39, 0.29) is 53.9 Å². The largest absolute Gasteiger partial charge is 0.511 e. The molecule has 0 aromatic carbocycles. The average Bonchev–Trinajstić information content (AvgIpc) is 2.65. The Hall–Kier alpha value is -0.780. The van der Waals surface area contributed by atoms with Crippen molar-refractivity contribution in [1.29, 1.82) is 0 Å². The fourth-order valence-corrected chi connectivity index (χ4v) is 1.83. The Bertz CT molecular complexity index is 409. The third-order valence-electron chi connectivity index (χ3n) is 2.56. The van der Waals surface area contributed by atoms with Gasteiger partial charge in [-0.15, -0.1) is 0 Å². The zero-order chi connectivity index (χ0) is 13.0. The van der Waals surface area contributed by atoms with Crippen LogP contribution < -0.4 is 0 Å². The smallest absolute Gasteiger partial charge is 0.341 e. The number of hydrogen-bond donors (Lipinski definition) is 1. The van der Waals surface area contributed by atoms with Gasteiger partial charge in [0, 0.05) is 41.6 Å². The van der Waals surface area contributed by atoms with E-state index in [9.17, 15) is 14.7 Å². The minimum atomic E-state index is -0.626. The number of aliphatic hydroxyl groups is 1. The van der Waals surface area contributed by atoms with E-state index in [4.69, 9.17) is 4.74 Å². The van der Waals surface area contributed by atoms with Crippen molar-refractivity contribution in [3.63, 3.8) is 0 Å². The molecule has 18 heavy (non-hydrogen) atoms. The van der Waals surface area contributed by atoms with Crippen LogP contribution >= 0.6 is 0 Å². The monoisotopic (exact) mass is 263 g/mol. The molecule has 0 amide bonds. The van der Waals surface area contributed by atoms with Crippen molar-refractivity contribution in [1.82, 2.24) is 0 Å². The molecule has 0 saturated carbocycles. The molecule has 1 rings (SSSR count). The minimum Gasteiger partial charge on any atom is -0.511 e. The Balaban J connectivity index is 0.00000289. The van der Waals surface area contributed by atoms with Crippen LogP contribution in [0.5, 0.6) is 0 Å². The summed E-state index contributed by atoms with van der Waals surface area (Å²) in [6, 6.07) is 0. The van der Waals surface area contributed by atoms with Crippen LogP contribution in [0.2, 0.25) is 0 Å². The van der Waals surface area contributed by atoms with E-state index >= 15 is 0 Å². The summed E-state index contributed by atoms with van der Waals surface area (Å²) in [6.07, 6.45) is 0.495. The molecule has 1 N–H and O–H groups in total. The maximum atomic E-state index is 11.6. The maximum Gasteiger partial charge on any atom is 0.341 e. The predicted molar refractivity (Wildman–Crippen MR) is 66.0 cm³/mol. The van der Waals surface area contributed by atoms with E-state index in [1.807, 2.05) is 0 Å². The fraction of sp³-hybridized carbons (Fsp3) is 0.500. The number of aliphatic hydroxyl groups excluding tert-OH is 1. The molecular formula is C12H16NaO5. The molecule has 0 saturated heterocycles. The Morgan fingerprint density at radius 1 is 1.28 bits per heavy atom. The summed E-state index contributed by atoms with van der Waals surface area (Å²) in [5.41, 5.74) is 0.943. The van der Waals surface area contributed by atoms with Crippen LogP contribution in [0.4, 0.5) is 0 Å². The molecule has 0 fully saturated rings. The third-order valence-corrected chi connectivity index (χ3v) is 2.56. The van der Waals surface area contributed by atoms with E-state index in [0.717, 1.165) is 0 Å². The second kappa shape index (κ2) is 7.61. The molecule has 1 radical (unpaired) electrons. The second-order valence-electron chi connectivity index (χ2n) is 3.52. The summed E-state index contributed by atoms with van der Waals surface area (Å²) in [6.45, 7) is 3.76. The Morgan fingerprint density at radius 2 is 1.89 bits per heavy atom. The number of hydrogen-bond acceptors (Lipinski definition) is 5. The molecule has 0 aliphatic heterocycles. The van der Waals surface area contributed by atoms with Gasteiger partial charge in [0.15, 0.2) is 0 Å². The van der Waals surface area contributed by atoms with Gasteiger partial charge >= 0.3 is 11.9 Å². The van der Waals surface area contributed by atoms with Crippen molar-refractivity contribution < 1.29 is 24.2 Å². The minimum absolute atomic E-state index is 0. The summed E-state index contributed by atoms with van der Waals surface area (Å²) in [7, 11) is 1.23. The van der Waals surface area contributed by atoms with Gasteiger partial charge in [-0.1, -0.05) is 6.92 Å². The summed E-state index contributed by atoms with van der Waals surface area (Å²) in [5.74, 6) is -1.25. The Labute approximate surface area is 128 Å². The molecule has 95 valence electrons.